The fourth-order valence-electron chi connectivity index (χ4n) is 0.962. The Morgan fingerprint density at radius 2 is 1.82 bits per heavy atom. The number of rotatable bonds is 3. The second-order valence-electron chi connectivity index (χ2n) is 2.74. The van der Waals surface area contributed by atoms with Crippen LogP contribution in [0.3, 0.4) is 0 Å². The van der Waals surface area contributed by atoms with Crippen LogP contribution in [0.2, 0.25) is 0 Å². The Morgan fingerprint density at radius 3 is 2.12 bits per heavy atom. The fourth-order valence-corrected chi connectivity index (χ4v) is 0.962. The lowest BCUT2D eigenvalue weighted by Crippen LogP contribution is -2.13. The van der Waals surface area contributed by atoms with Gasteiger partial charge in [-0.2, -0.15) is 18.4 Å². The van der Waals surface area contributed by atoms with E-state index in [9.17, 15) is 13.2 Å². The molecule has 0 rings (SSSR count). The van der Waals surface area contributed by atoms with Crippen LogP contribution in [0, 0.1) is 11.3 Å². The van der Waals surface area contributed by atoms with E-state index < -0.39 is 11.7 Å². The van der Waals surface area contributed by atoms with Crippen molar-refractivity contribution in [1.29, 1.82) is 5.26 Å². The molecule has 17 heavy (non-hydrogen) atoms. The van der Waals surface area contributed by atoms with Crippen LogP contribution in [0.1, 0.15) is 34.1 Å². The second-order valence-corrected chi connectivity index (χ2v) is 2.74. The van der Waals surface area contributed by atoms with E-state index in [1.165, 1.54) is 6.08 Å². The van der Waals surface area contributed by atoms with Crippen molar-refractivity contribution in [2.75, 3.05) is 0 Å². The van der Waals surface area contributed by atoms with Gasteiger partial charge in [-0.25, -0.2) is 0 Å². The Kier molecular flexibility index (Phi) is 10.2. The number of allylic oxidation sites excluding steroid dienone is 6. The maximum atomic E-state index is 12.5. The molecular formula is C13H18F3N. The monoisotopic (exact) mass is 245 g/mol. The van der Waals surface area contributed by atoms with Crippen molar-refractivity contribution in [2.45, 2.75) is 40.3 Å². The number of alkyl halides is 3. The Hall–Kier alpha value is -1.50. The minimum atomic E-state index is -4.47. The highest BCUT2D eigenvalue weighted by Gasteiger charge is 2.35. The summed E-state index contributed by atoms with van der Waals surface area (Å²) in [4.78, 5) is 0. The summed E-state index contributed by atoms with van der Waals surface area (Å²) < 4.78 is 37.5. The van der Waals surface area contributed by atoms with E-state index in [0.29, 0.717) is 0 Å². The molecule has 0 aliphatic rings. The maximum absolute atomic E-state index is 12.5. The standard InChI is InChI=1S/C11H12F3N.C2H6/c1-3-5-7-9(8-15)10(6-4-2)11(12,13)14;1-2/h3,5-7H,4H2,1-2H3;1-2H3/b5-3-,9-7-,10-6+;. The molecule has 0 atom stereocenters. The van der Waals surface area contributed by atoms with E-state index in [2.05, 4.69) is 0 Å². The molecule has 0 aromatic rings. The smallest absolute Gasteiger partial charge is 0.192 e. The van der Waals surface area contributed by atoms with E-state index in [4.69, 9.17) is 5.26 Å². The van der Waals surface area contributed by atoms with Gasteiger partial charge in [-0.15, -0.1) is 0 Å². The van der Waals surface area contributed by atoms with Crippen LogP contribution in [0.25, 0.3) is 0 Å². The quantitative estimate of drug-likeness (QED) is 0.510. The van der Waals surface area contributed by atoms with E-state index in [-0.39, 0.29) is 12.0 Å². The van der Waals surface area contributed by atoms with Gasteiger partial charge in [0, 0.05) is 0 Å². The molecule has 0 fully saturated rings. The summed E-state index contributed by atoms with van der Waals surface area (Å²) in [6, 6.07) is 1.55. The van der Waals surface area contributed by atoms with Gasteiger partial charge in [-0.3, -0.25) is 0 Å². The zero-order valence-electron chi connectivity index (χ0n) is 10.6. The average Bonchev–Trinajstić information content (AvgIpc) is 2.30. The molecule has 0 unspecified atom stereocenters. The molecule has 1 nitrogen and oxygen atoms in total. The summed E-state index contributed by atoms with van der Waals surface area (Å²) in [7, 11) is 0. The van der Waals surface area contributed by atoms with Gasteiger partial charge in [0.05, 0.1) is 17.2 Å². The summed E-state index contributed by atoms with van der Waals surface area (Å²) in [5.74, 6) is 0. The number of nitrogens with zero attached hydrogens (tertiary/aromatic N) is 1. The zero-order chi connectivity index (χ0) is 13.9. The molecule has 0 bridgehead atoms. The highest BCUT2D eigenvalue weighted by atomic mass is 19.4. The minimum absolute atomic E-state index is 0.240. The summed E-state index contributed by atoms with van der Waals surface area (Å²) in [6.45, 7) is 7.26. The van der Waals surface area contributed by atoms with Crippen molar-refractivity contribution < 1.29 is 13.2 Å². The van der Waals surface area contributed by atoms with Crippen molar-refractivity contribution in [1.82, 2.24) is 0 Å². The summed E-state index contributed by atoms with van der Waals surface area (Å²) >= 11 is 0. The first-order valence-electron chi connectivity index (χ1n) is 5.48. The lowest BCUT2D eigenvalue weighted by molar-refractivity contribution is -0.0891. The van der Waals surface area contributed by atoms with Crippen LogP contribution >= 0.6 is 0 Å². The van der Waals surface area contributed by atoms with E-state index >= 15 is 0 Å². The van der Waals surface area contributed by atoms with Gasteiger partial charge < -0.3 is 0 Å². The zero-order valence-corrected chi connectivity index (χ0v) is 10.6. The summed E-state index contributed by atoms with van der Waals surface area (Å²) in [5, 5.41) is 8.62. The van der Waals surface area contributed by atoms with Crippen molar-refractivity contribution in [3.63, 3.8) is 0 Å². The number of hydrogen-bond donors (Lipinski definition) is 0. The normalized spacial score (nSPS) is 13.1. The van der Waals surface area contributed by atoms with E-state index in [0.717, 1.165) is 12.2 Å². The molecule has 0 aliphatic heterocycles. The molecule has 4 heteroatoms. The SMILES string of the molecule is CC.C\C=C/C=C(C#N)\C(=C/CC)C(F)(F)F. The predicted molar refractivity (Wildman–Crippen MR) is 64.3 cm³/mol. The molecule has 0 aromatic heterocycles. The maximum Gasteiger partial charge on any atom is 0.417 e. The highest BCUT2D eigenvalue weighted by Crippen LogP contribution is 2.31. The topological polar surface area (TPSA) is 23.8 Å². The van der Waals surface area contributed by atoms with Crippen molar-refractivity contribution in [3.05, 3.63) is 35.5 Å². The van der Waals surface area contributed by atoms with Crippen molar-refractivity contribution in [3.8, 4) is 6.07 Å². The molecular weight excluding hydrogens is 227 g/mol. The van der Waals surface area contributed by atoms with Crippen LogP contribution in [-0.4, -0.2) is 6.18 Å². The fraction of sp³-hybridized carbons (Fsp3) is 0.462. The highest BCUT2D eigenvalue weighted by molar-refractivity contribution is 5.46. The third-order valence-corrected chi connectivity index (χ3v) is 1.58. The first kappa shape index (κ1) is 17.9. The van der Waals surface area contributed by atoms with E-state index in [1.807, 2.05) is 13.8 Å². The average molecular weight is 245 g/mol. The van der Waals surface area contributed by atoms with Crippen LogP contribution in [-0.2, 0) is 0 Å². The molecule has 0 aromatic carbocycles. The van der Waals surface area contributed by atoms with E-state index in [1.54, 1.807) is 26.0 Å². The van der Waals surface area contributed by atoms with Crippen molar-refractivity contribution in [2.24, 2.45) is 0 Å². The predicted octanol–water partition coefficient (Wildman–Crippen LogP) is 4.94. The third-order valence-electron chi connectivity index (χ3n) is 1.58. The van der Waals surface area contributed by atoms with Crippen LogP contribution in [0.4, 0.5) is 13.2 Å². The van der Waals surface area contributed by atoms with Crippen molar-refractivity contribution >= 4 is 0 Å². The molecule has 0 aliphatic carbocycles. The third kappa shape index (κ3) is 7.40. The molecule has 0 radical (unpaired) electrons. The number of halogens is 3. The first-order valence-corrected chi connectivity index (χ1v) is 5.48. The molecule has 0 saturated carbocycles. The van der Waals surface area contributed by atoms with Crippen LogP contribution in [0.15, 0.2) is 35.5 Å². The van der Waals surface area contributed by atoms with Gasteiger partial charge in [0.1, 0.15) is 0 Å². The molecule has 0 spiro atoms. The first-order chi connectivity index (χ1) is 7.97. The Morgan fingerprint density at radius 1 is 1.29 bits per heavy atom. The van der Waals surface area contributed by atoms with Gasteiger partial charge in [-0.05, 0) is 19.4 Å². The molecule has 0 N–H and O–H groups in total. The molecule has 96 valence electrons. The van der Waals surface area contributed by atoms with Gasteiger partial charge in [0.15, 0.2) is 0 Å². The summed E-state index contributed by atoms with van der Waals surface area (Å²) in [6.07, 6.45) is 0.918. The van der Waals surface area contributed by atoms with Crippen LogP contribution in [0.5, 0.6) is 0 Å². The number of nitriles is 1. The van der Waals surface area contributed by atoms with Gasteiger partial charge >= 0.3 is 6.18 Å². The number of hydrogen-bond acceptors (Lipinski definition) is 1. The lowest BCUT2D eigenvalue weighted by atomic mass is 10.1. The second kappa shape index (κ2) is 9.71. The van der Waals surface area contributed by atoms with Crippen LogP contribution < -0.4 is 0 Å². The largest absolute Gasteiger partial charge is 0.417 e. The summed E-state index contributed by atoms with van der Waals surface area (Å²) in [5.41, 5.74) is -1.23. The minimum Gasteiger partial charge on any atom is -0.192 e. The molecule has 0 saturated heterocycles. The Balaban J connectivity index is 0. The Bertz CT molecular complexity index is 328. The molecule has 0 heterocycles. The Labute approximate surface area is 101 Å². The van der Waals surface area contributed by atoms with Gasteiger partial charge in [0.2, 0.25) is 0 Å². The van der Waals surface area contributed by atoms with Gasteiger partial charge in [0.25, 0.3) is 0 Å². The lowest BCUT2D eigenvalue weighted by Gasteiger charge is -2.09. The van der Waals surface area contributed by atoms with Gasteiger partial charge in [-0.1, -0.05) is 39.0 Å². The molecule has 0 amide bonds.